The van der Waals surface area contributed by atoms with Crippen LogP contribution in [0, 0.1) is 5.82 Å². The fourth-order valence-corrected chi connectivity index (χ4v) is 4.21. The predicted octanol–water partition coefficient (Wildman–Crippen LogP) is 4.98. The van der Waals surface area contributed by atoms with Gasteiger partial charge in [0.2, 0.25) is 11.8 Å². The molecule has 0 aliphatic rings. The fourth-order valence-electron chi connectivity index (χ4n) is 2.21. The average molecular weight is 465 g/mol. The molecule has 0 spiro atoms. The SMILES string of the molecule is O=C(CSc1nnc(-c2ccc(F)cc2)o1)Nc1nc2ccc(Br)cc2s1. The van der Waals surface area contributed by atoms with Gasteiger partial charge >= 0.3 is 0 Å². The number of nitrogens with one attached hydrogen (secondary N) is 1. The van der Waals surface area contributed by atoms with E-state index < -0.39 is 0 Å². The lowest BCUT2D eigenvalue weighted by Crippen LogP contribution is -2.13. The topological polar surface area (TPSA) is 80.9 Å². The molecule has 0 saturated carbocycles. The molecule has 0 fully saturated rings. The highest BCUT2D eigenvalue weighted by Crippen LogP contribution is 2.29. The second-order valence-electron chi connectivity index (χ2n) is 5.35. The number of aromatic nitrogens is 3. The molecule has 0 bridgehead atoms. The molecule has 2 heterocycles. The van der Waals surface area contributed by atoms with E-state index in [1.807, 2.05) is 18.2 Å². The molecule has 1 N–H and O–H groups in total. The summed E-state index contributed by atoms with van der Waals surface area (Å²) in [5.41, 5.74) is 1.44. The standard InChI is InChI=1S/C17H10BrFN4O2S2/c18-10-3-6-12-13(7-10)27-16(20-12)21-14(24)8-26-17-23-22-15(25-17)9-1-4-11(19)5-2-9/h1-7H,8H2,(H,20,21,24). The van der Waals surface area contributed by atoms with E-state index >= 15 is 0 Å². The quantitative estimate of drug-likeness (QED) is 0.419. The van der Waals surface area contributed by atoms with Crippen molar-refractivity contribution in [3.63, 3.8) is 0 Å². The van der Waals surface area contributed by atoms with Gasteiger partial charge in [0.1, 0.15) is 5.82 Å². The lowest BCUT2D eigenvalue weighted by molar-refractivity contribution is -0.113. The van der Waals surface area contributed by atoms with Crippen LogP contribution in [0.15, 0.2) is 56.6 Å². The molecule has 0 aliphatic heterocycles. The summed E-state index contributed by atoms with van der Waals surface area (Å²) < 4.78 is 20.4. The zero-order valence-electron chi connectivity index (χ0n) is 13.5. The van der Waals surface area contributed by atoms with E-state index in [9.17, 15) is 9.18 Å². The third-order valence-corrected chi connectivity index (χ3v) is 5.67. The lowest BCUT2D eigenvalue weighted by atomic mass is 10.2. The summed E-state index contributed by atoms with van der Waals surface area (Å²) in [5.74, 6) is -0.189. The summed E-state index contributed by atoms with van der Waals surface area (Å²) in [5, 5.41) is 11.4. The van der Waals surface area contributed by atoms with Gasteiger partial charge in [-0.25, -0.2) is 9.37 Å². The minimum atomic E-state index is -0.341. The zero-order chi connectivity index (χ0) is 18.8. The Kier molecular flexibility index (Phi) is 5.19. The van der Waals surface area contributed by atoms with Crippen LogP contribution in [0.5, 0.6) is 0 Å². The van der Waals surface area contributed by atoms with Crippen LogP contribution in [0.4, 0.5) is 9.52 Å². The van der Waals surface area contributed by atoms with Gasteiger partial charge in [-0.15, -0.1) is 10.2 Å². The maximum atomic E-state index is 13.0. The molecular formula is C17H10BrFN4O2S2. The van der Waals surface area contributed by atoms with Crippen molar-refractivity contribution in [3.8, 4) is 11.5 Å². The molecule has 0 atom stereocenters. The molecule has 2 aromatic carbocycles. The number of anilines is 1. The summed E-state index contributed by atoms with van der Waals surface area (Å²) >= 11 is 5.93. The second kappa shape index (κ2) is 7.75. The molecule has 10 heteroatoms. The second-order valence-corrected chi connectivity index (χ2v) is 8.22. The largest absolute Gasteiger partial charge is 0.411 e. The first kappa shape index (κ1) is 18.1. The summed E-state index contributed by atoms with van der Waals surface area (Å²) in [6, 6.07) is 11.5. The van der Waals surface area contributed by atoms with Gasteiger partial charge in [-0.1, -0.05) is 39.0 Å². The third-order valence-electron chi connectivity index (χ3n) is 3.42. The van der Waals surface area contributed by atoms with Crippen molar-refractivity contribution in [1.29, 1.82) is 0 Å². The summed E-state index contributed by atoms with van der Waals surface area (Å²) in [6.45, 7) is 0. The maximum Gasteiger partial charge on any atom is 0.277 e. The maximum absolute atomic E-state index is 13.0. The molecule has 0 unspecified atom stereocenters. The molecule has 0 aliphatic carbocycles. The number of thioether (sulfide) groups is 1. The van der Waals surface area contributed by atoms with E-state index in [4.69, 9.17) is 4.42 Å². The number of hydrogen-bond acceptors (Lipinski definition) is 7. The van der Waals surface area contributed by atoms with Gasteiger partial charge in [-0.3, -0.25) is 4.79 Å². The van der Waals surface area contributed by atoms with Gasteiger partial charge in [-0.2, -0.15) is 0 Å². The summed E-state index contributed by atoms with van der Waals surface area (Å²) in [6.07, 6.45) is 0. The first-order valence-corrected chi connectivity index (χ1v) is 10.2. The lowest BCUT2D eigenvalue weighted by Gasteiger charge is -1.98. The predicted molar refractivity (Wildman–Crippen MR) is 106 cm³/mol. The van der Waals surface area contributed by atoms with Crippen molar-refractivity contribution in [2.24, 2.45) is 0 Å². The Hall–Kier alpha value is -2.30. The van der Waals surface area contributed by atoms with E-state index in [2.05, 4.69) is 36.4 Å². The van der Waals surface area contributed by atoms with Gasteiger partial charge in [0.25, 0.3) is 5.22 Å². The first-order chi connectivity index (χ1) is 13.1. The minimum absolute atomic E-state index is 0.102. The minimum Gasteiger partial charge on any atom is -0.411 e. The Labute approximate surface area is 169 Å². The number of carbonyl (C=O) groups is 1. The number of rotatable bonds is 5. The molecule has 136 valence electrons. The van der Waals surface area contributed by atoms with Crippen molar-refractivity contribution < 1.29 is 13.6 Å². The van der Waals surface area contributed by atoms with Crippen LogP contribution in [0.25, 0.3) is 21.7 Å². The van der Waals surface area contributed by atoms with Crippen LogP contribution in [-0.2, 0) is 4.79 Å². The van der Waals surface area contributed by atoms with Gasteiger partial charge in [0, 0.05) is 10.0 Å². The van der Waals surface area contributed by atoms with E-state index in [-0.39, 0.29) is 28.6 Å². The number of halogens is 2. The van der Waals surface area contributed by atoms with Crippen molar-refractivity contribution in [2.45, 2.75) is 5.22 Å². The average Bonchev–Trinajstić information content (AvgIpc) is 3.26. The molecule has 4 rings (SSSR count). The van der Waals surface area contributed by atoms with Crippen LogP contribution in [-0.4, -0.2) is 26.8 Å². The third kappa shape index (κ3) is 4.34. The molecule has 0 radical (unpaired) electrons. The van der Waals surface area contributed by atoms with Crippen molar-refractivity contribution in [3.05, 3.63) is 52.8 Å². The van der Waals surface area contributed by atoms with E-state index in [1.165, 1.54) is 23.5 Å². The normalized spacial score (nSPS) is 11.0. The van der Waals surface area contributed by atoms with Crippen LogP contribution >= 0.6 is 39.0 Å². The van der Waals surface area contributed by atoms with Crippen LogP contribution in [0.2, 0.25) is 0 Å². The van der Waals surface area contributed by atoms with Crippen LogP contribution in [0.3, 0.4) is 0 Å². The molecule has 2 aromatic heterocycles. The summed E-state index contributed by atoms with van der Waals surface area (Å²) in [7, 11) is 0. The van der Waals surface area contributed by atoms with E-state index in [0.29, 0.717) is 10.7 Å². The first-order valence-electron chi connectivity index (χ1n) is 7.65. The molecule has 6 nitrogen and oxygen atoms in total. The Bertz CT molecular complexity index is 1110. The van der Waals surface area contributed by atoms with E-state index in [1.54, 1.807) is 12.1 Å². The Morgan fingerprint density at radius 3 is 2.85 bits per heavy atom. The Balaban J connectivity index is 1.36. The summed E-state index contributed by atoms with van der Waals surface area (Å²) in [4.78, 5) is 16.5. The number of benzene rings is 2. The molecule has 27 heavy (non-hydrogen) atoms. The van der Waals surface area contributed by atoms with Crippen LogP contribution < -0.4 is 5.32 Å². The van der Waals surface area contributed by atoms with E-state index in [0.717, 1.165) is 26.5 Å². The molecule has 1 amide bonds. The number of nitrogens with zero attached hydrogens (tertiary/aromatic N) is 3. The monoisotopic (exact) mass is 464 g/mol. The highest BCUT2D eigenvalue weighted by atomic mass is 79.9. The Morgan fingerprint density at radius 2 is 2.04 bits per heavy atom. The van der Waals surface area contributed by atoms with Gasteiger partial charge in [0.05, 0.1) is 16.0 Å². The van der Waals surface area contributed by atoms with Gasteiger partial charge < -0.3 is 9.73 Å². The molecule has 4 aromatic rings. The number of amides is 1. The molecular weight excluding hydrogens is 455 g/mol. The van der Waals surface area contributed by atoms with Crippen LogP contribution in [0.1, 0.15) is 0 Å². The van der Waals surface area contributed by atoms with Crippen molar-refractivity contribution in [2.75, 3.05) is 11.1 Å². The smallest absolute Gasteiger partial charge is 0.277 e. The van der Waals surface area contributed by atoms with Gasteiger partial charge in [0.15, 0.2) is 5.13 Å². The number of thiazole rings is 1. The zero-order valence-corrected chi connectivity index (χ0v) is 16.7. The number of hydrogen-bond donors (Lipinski definition) is 1. The highest BCUT2D eigenvalue weighted by molar-refractivity contribution is 9.10. The van der Waals surface area contributed by atoms with Crippen molar-refractivity contribution in [1.82, 2.24) is 15.2 Å². The van der Waals surface area contributed by atoms with Crippen molar-refractivity contribution >= 4 is 60.3 Å². The number of fused-ring (bicyclic) bond motifs is 1. The highest BCUT2D eigenvalue weighted by Gasteiger charge is 2.13. The van der Waals surface area contributed by atoms with Gasteiger partial charge in [-0.05, 0) is 42.5 Å². The number of carbonyl (C=O) groups excluding carboxylic acids is 1. The molecule has 0 saturated heterocycles. The Morgan fingerprint density at radius 1 is 1.22 bits per heavy atom. The fraction of sp³-hybridized carbons (Fsp3) is 0.0588.